The second-order valence-electron chi connectivity index (χ2n) is 4.94. The van der Waals surface area contributed by atoms with E-state index in [1.165, 1.54) is 6.07 Å². The van der Waals surface area contributed by atoms with Gasteiger partial charge >= 0.3 is 0 Å². The van der Waals surface area contributed by atoms with Crippen LogP contribution in [0.5, 0.6) is 0 Å². The lowest BCUT2D eigenvalue weighted by atomic mass is 10.1. The van der Waals surface area contributed by atoms with Gasteiger partial charge < -0.3 is 5.73 Å². The molecule has 1 aromatic carbocycles. The van der Waals surface area contributed by atoms with Crippen molar-refractivity contribution in [2.75, 3.05) is 13.1 Å². The van der Waals surface area contributed by atoms with Crippen molar-refractivity contribution in [2.24, 2.45) is 11.7 Å². The highest BCUT2D eigenvalue weighted by atomic mass is 35.5. The van der Waals surface area contributed by atoms with Crippen molar-refractivity contribution in [3.63, 3.8) is 0 Å². The van der Waals surface area contributed by atoms with Crippen LogP contribution >= 0.6 is 11.6 Å². The summed E-state index contributed by atoms with van der Waals surface area (Å²) in [6.45, 7) is 6.14. The molecule has 2 rings (SSSR count). The van der Waals surface area contributed by atoms with Gasteiger partial charge in [-0.3, -0.25) is 4.90 Å². The summed E-state index contributed by atoms with van der Waals surface area (Å²) in [4.78, 5) is 2.32. The second-order valence-corrected chi connectivity index (χ2v) is 5.35. The molecule has 1 fully saturated rings. The van der Waals surface area contributed by atoms with E-state index in [0.717, 1.165) is 18.7 Å². The molecule has 3 atom stereocenters. The van der Waals surface area contributed by atoms with Gasteiger partial charge in [0.25, 0.3) is 0 Å². The minimum absolute atomic E-state index is 0.186. The lowest BCUT2D eigenvalue weighted by Gasteiger charge is -2.24. The zero-order valence-corrected chi connectivity index (χ0v) is 10.9. The Balaban J connectivity index is 2.14. The normalized spacial score (nSPS) is 27.4. The summed E-state index contributed by atoms with van der Waals surface area (Å²) >= 11 is 5.80. The Hall–Kier alpha value is -0.640. The average molecular weight is 257 g/mol. The molecular weight excluding hydrogens is 239 g/mol. The first-order valence-corrected chi connectivity index (χ1v) is 6.31. The Bertz CT molecular complexity index is 400. The molecule has 2 N–H and O–H groups in total. The van der Waals surface area contributed by atoms with E-state index in [2.05, 4.69) is 18.7 Å². The summed E-state index contributed by atoms with van der Waals surface area (Å²) in [6.07, 6.45) is 0. The van der Waals surface area contributed by atoms with E-state index in [1.54, 1.807) is 12.1 Å². The smallest absolute Gasteiger partial charge is 0.141 e. The largest absolute Gasteiger partial charge is 0.326 e. The number of hydrogen-bond acceptors (Lipinski definition) is 2. The molecule has 0 radical (unpaired) electrons. The molecule has 17 heavy (non-hydrogen) atoms. The Morgan fingerprint density at radius 1 is 1.47 bits per heavy atom. The van der Waals surface area contributed by atoms with Crippen LogP contribution in [-0.2, 0) is 0 Å². The molecule has 1 aliphatic rings. The Kier molecular flexibility index (Phi) is 3.71. The van der Waals surface area contributed by atoms with Crippen LogP contribution in [0.25, 0.3) is 0 Å². The summed E-state index contributed by atoms with van der Waals surface area (Å²) in [6, 6.07) is 5.38. The minimum Gasteiger partial charge on any atom is -0.326 e. The average Bonchev–Trinajstić information content (AvgIpc) is 2.62. The zero-order valence-electron chi connectivity index (χ0n) is 10.2. The molecule has 0 spiro atoms. The predicted octanol–water partition coefficient (Wildman–Crippen LogP) is 2.82. The first-order chi connectivity index (χ1) is 7.99. The van der Waals surface area contributed by atoms with E-state index < -0.39 is 0 Å². The van der Waals surface area contributed by atoms with Crippen LogP contribution in [0.2, 0.25) is 5.02 Å². The Labute approximate surface area is 107 Å². The van der Waals surface area contributed by atoms with E-state index in [1.807, 2.05) is 0 Å². The highest BCUT2D eigenvalue weighted by Crippen LogP contribution is 2.28. The lowest BCUT2D eigenvalue weighted by molar-refractivity contribution is 0.253. The molecule has 0 amide bonds. The van der Waals surface area contributed by atoms with Gasteiger partial charge in [0.1, 0.15) is 5.82 Å². The first kappa shape index (κ1) is 12.8. The van der Waals surface area contributed by atoms with Crippen molar-refractivity contribution in [1.82, 2.24) is 4.90 Å². The summed E-state index contributed by atoms with van der Waals surface area (Å²) in [5.74, 6) is 0.141. The maximum Gasteiger partial charge on any atom is 0.141 e. The third-order valence-corrected chi connectivity index (χ3v) is 3.96. The summed E-state index contributed by atoms with van der Waals surface area (Å²) in [5.41, 5.74) is 7.05. The van der Waals surface area contributed by atoms with Crippen LogP contribution in [0.4, 0.5) is 4.39 Å². The zero-order chi connectivity index (χ0) is 12.6. The van der Waals surface area contributed by atoms with Crippen molar-refractivity contribution in [3.05, 3.63) is 34.6 Å². The van der Waals surface area contributed by atoms with Crippen molar-refractivity contribution < 1.29 is 4.39 Å². The van der Waals surface area contributed by atoms with Crippen LogP contribution in [0.15, 0.2) is 18.2 Å². The molecular formula is C13H18ClFN2. The molecule has 0 saturated carbocycles. The maximum absolute atomic E-state index is 13.1. The van der Waals surface area contributed by atoms with Gasteiger partial charge in [-0.1, -0.05) is 24.6 Å². The number of nitrogens with two attached hydrogens (primary N) is 1. The fourth-order valence-electron chi connectivity index (χ4n) is 2.33. The van der Waals surface area contributed by atoms with Crippen LogP contribution in [0.1, 0.15) is 25.5 Å². The molecule has 4 heteroatoms. The molecule has 3 unspecified atom stereocenters. The van der Waals surface area contributed by atoms with Gasteiger partial charge in [-0.25, -0.2) is 4.39 Å². The van der Waals surface area contributed by atoms with E-state index in [0.29, 0.717) is 5.92 Å². The van der Waals surface area contributed by atoms with Crippen molar-refractivity contribution in [3.8, 4) is 0 Å². The van der Waals surface area contributed by atoms with Crippen molar-refractivity contribution >= 4 is 11.6 Å². The number of likely N-dealkylation sites (tertiary alicyclic amines) is 1. The summed E-state index contributed by atoms with van der Waals surface area (Å²) < 4.78 is 13.1. The van der Waals surface area contributed by atoms with Crippen molar-refractivity contribution in [2.45, 2.75) is 25.9 Å². The highest BCUT2D eigenvalue weighted by molar-refractivity contribution is 6.30. The van der Waals surface area contributed by atoms with Crippen LogP contribution in [0.3, 0.4) is 0 Å². The molecule has 0 aromatic heterocycles. The predicted molar refractivity (Wildman–Crippen MR) is 68.5 cm³/mol. The van der Waals surface area contributed by atoms with Gasteiger partial charge in [0.2, 0.25) is 0 Å². The van der Waals surface area contributed by atoms with Gasteiger partial charge in [0.05, 0.1) is 5.02 Å². The van der Waals surface area contributed by atoms with E-state index in [4.69, 9.17) is 17.3 Å². The van der Waals surface area contributed by atoms with Crippen LogP contribution in [0, 0.1) is 11.7 Å². The third kappa shape index (κ3) is 2.62. The quantitative estimate of drug-likeness (QED) is 0.882. The molecule has 1 aliphatic heterocycles. The highest BCUT2D eigenvalue weighted by Gasteiger charge is 2.30. The maximum atomic E-state index is 13.1. The van der Waals surface area contributed by atoms with E-state index in [9.17, 15) is 4.39 Å². The molecule has 94 valence electrons. The Morgan fingerprint density at radius 3 is 2.71 bits per heavy atom. The van der Waals surface area contributed by atoms with Crippen LogP contribution in [-0.4, -0.2) is 24.0 Å². The molecule has 0 aliphatic carbocycles. The minimum atomic E-state index is -0.367. The van der Waals surface area contributed by atoms with Gasteiger partial charge in [-0.2, -0.15) is 0 Å². The third-order valence-electron chi connectivity index (χ3n) is 3.67. The lowest BCUT2D eigenvalue weighted by Crippen LogP contribution is -2.29. The first-order valence-electron chi connectivity index (χ1n) is 5.93. The topological polar surface area (TPSA) is 29.3 Å². The number of benzene rings is 1. The second kappa shape index (κ2) is 4.92. The van der Waals surface area contributed by atoms with Gasteiger partial charge in [-0.15, -0.1) is 0 Å². The number of hydrogen-bond donors (Lipinski definition) is 1. The van der Waals surface area contributed by atoms with Gasteiger partial charge in [0.15, 0.2) is 0 Å². The molecule has 0 bridgehead atoms. The molecule has 2 nitrogen and oxygen atoms in total. The van der Waals surface area contributed by atoms with Crippen molar-refractivity contribution in [1.29, 1.82) is 0 Å². The standard InChI is InChI=1S/C13H18ClFN2/c1-8-6-17(7-13(8)16)9(2)10-3-4-12(15)11(14)5-10/h3-5,8-9,13H,6-7,16H2,1-2H3. The molecule has 1 aromatic rings. The summed E-state index contributed by atoms with van der Waals surface area (Å²) in [7, 11) is 0. The molecule has 1 heterocycles. The number of rotatable bonds is 2. The monoisotopic (exact) mass is 256 g/mol. The van der Waals surface area contributed by atoms with Gasteiger partial charge in [-0.05, 0) is 30.5 Å². The summed E-state index contributed by atoms with van der Waals surface area (Å²) in [5, 5.41) is 0.186. The van der Waals surface area contributed by atoms with Crippen LogP contribution < -0.4 is 5.73 Å². The molecule has 1 saturated heterocycles. The number of nitrogens with zero attached hydrogens (tertiary/aromatic N) is 1. The van der Waals surface area contributed by atoms with E-state index in [-0.39, 0.29) is 22.9 Å². The Morgan fingerprint density at radius 2 is 2.18 bits per heavy atom. The fourth-order valence-corrected chi connectivity index (χ4v) is 2.52. The van der Waals surface area contributed by atoms with E-state index >= 15 is 0 Å². The van der Waals surface area contributed by atoms with Gasteiger partial charge in [0, 0.05) is 25.2 Å². The SMILES string of the molecule is CC1CN(C(C)c2ccc(F)c(Cl)c2)CC1N. The number of halogens is 2. The fraction of sp³-hybridized carbons (Fsp3) is 0.538.